The monoisotopic (exact) mass is 388 g/mol. The van der Waals surface area contributed by atoms with E-state index in [1.807, 2.05) is 18.2 Å². The molecule has 1 aromatic heterocycles. The predicted molar refractivity (Wildman–Crippen MR) is 110 cm³/mol. The topological polar surface area (TPSA) is 74.3 Å². The number of carbonyl (C=O) groups excluding carboxylic acids is 2. The summed E-state index contributed by atoms with van der Waals surface area (Å²) in [5.41, 5.74) is 1.80. The van der Waals surface area contributed by atoms with Crippen molar-refractivity contribution in [3.8, 4) is 0 Å². The van der Waals surface area contributed by atoms with E-state index in [2.05, 4.69) is 27.4 Å². The quantitative estimate of drug-likeness (QED) is 0.715. The molecule has 0 radical (unpaired) electrons. The molecule has 1 aliphatic heterocycles. The van der Waals surface area contributed by atoms with Gasteiger partial charge in [0.2, 0.25) is 11.8 Å². The molecule has 6 nitrogen and oxygen atoms in total. The highest BCUT2D eigenvalue weighted by Crippen LogP contribution is 2.27. The Labute approximate surface area is 164 Å². The zero-order valence-electron chi connectivity index (χ0n) is 16.1. The minimum atomic E-state index is -0.132. The van der Waals surface area contributed by atoms with Crippen molar-refractivity contribution in [1.82, 2.24) is 15.2 Å². The summed E-state index contributed by atoms with van der Waals surface area (Å²) in [5, 5.41) is 6.32. The molecule has 3 rings (SSSR count). The minimum Gasteiger partial charge on any atom is -0.356 e. The number of thiazole rings is 1. The SMILES string of the molecule is CC(=O)Nc1nc2ccc(CC(=O)NCCCN3CCCC[C@@H]3C)cc2s1. The molecule has 1 aliphatic rings. The van der Waals surface area contributed by atoms with E-state index in [4.69, 9.17) is 0 Å². The van der Waals surface area contributed by atoms with Gasteiger partial charge in [0.05, 0.1) is 16.6 Å². The molecule has 2 N–H and O–H groups in total. The van der Waals surface area contributed by atoms with Gasteiger partial charge < -0.3 is 15.5 Å². The van der Waals surface area contributed by atoms with Crippen LogP contribution in [0.4, 0.5) is 5.13 Å². The molecular formula is C20H28N4O2S. The average molecular weight is 389 g/mol. The Kier molecular flexibility index (Phi) is 6.79. The van der Waals surface area contributed by atoms with Gasteiger partial charge in [0, 0.05) is 26.1 Å². The predicted octanol–water partition coefficient (Wildman–Crippen LogP) is 3.18. The maximum atomic E-state index is 12.2. The van der Waals surface area contributed by atoms with Gasteiger partial charge in [0.15, 0.2) is 5.13 Å². The first kappa shape index (κ1) is 19.8. The van der Waals surface area contributed by atoms with Gasteiger partial charge in [0.1, 0.15) is 0 Å². The van der Waals surface area contributed by atoms with Crippen LogP contribution in [0.5, 0.6) is 0 Å². The zero-order chi connectivity index (χ0) is 19.2. The largest absolute Gasteiger partial charge is 0.356 e. The number of hydrogen-bond acceptors (Lipinski definition) is 5. The smallest absolute Gasteiger partial charge is 0.224 e. The molecule has 0 aliphatic carbocycles. The lowest BCUT2D eigenvalue weighted by molar-refractivity contribution is -0.120. The Hall–Kier alpha value is -1.99. The number of fused-ring (bicyclic) bond motifs is 1. The van der Waals surface area contributed by atoms with Gasteiger partial charge in [-0.1, -0.05) is 23.8 Å². The van der Waals surface area contributed by atoms with Crippen LogP contribution in [-0.2, 0) is 16.0 Å². The summed E-state index contributed by atoms with van der Waals surface area (Å²) in [6.07, 6.45) is 5.27. The van der Waals surface area contributed by atoms with Gasteiger partial charge in [0.25, 0.3) is 0 Å². The van der Waals surface area contributed by atoms with E-state index in [0.717, 1.165) is 35.3 Å². The van der Waals surface area contributed by atoms with Crippen LogP contribution in [0.15, 0.2) is 18.2 Å². The fourth-order valence-electron chi connectivity index (χ4n) is 3.53. The van der Waals surface area contributed by atoms with Gasteiger partial charge >= 0.3 is 0 Å². The van der Waals surface area contributed by atoms with Gasteiger partial charge in [-0.05, 0) is 50.4 Å². The van der Waals surface area contributed by atoms with E-state index in [1.165, 1.54) is 44.1 Å². The van der Waals surface area contributed by atoms with Crippen LogP contribution < -0.4 is 10.6 Å². The Morgan fingerprint density at radius 3 is 2.96 bits per heavy atom. The number of rotatable bonds is 7. The van der Waals surface area contributed by atoms with E-state index < -0.39 is 0 Å². The fraction of sp³-hybridized carbons (Fsp3) is 0.550. The number of hydrogen-bond donors (Lipinski definition) is 2. The number of likely N-dealkylation sites (tertiary alicyclic amines) is 1. The molecule has 1 atom stereocenters. The van der Waals surface area contributed by atoms with E-state index >= 15 is 0 Å². The maximum absolute atomic E-state index is 12.2. The van der Waals surface area contributed by atoms with Crippen molar-refractivity contribution >= 4 is 38.5 Å². The van der Waals surface area contributed by atoms with E-state index in [9.17, 15) is 9.59 Å². The van der Waals surface area contributed by atoms with Crippen LogP contribution >= 0.6 is 11.3 Å². The summed E-state index contributed by atoms with van der Waals surface area (Å²) in [5.74, 6) is -0.0831. The summed E-state index contributed by atoms with van der Waals surface area (Å²) in [7, 11) is 0. The number of carbonyl (C=O) groups is 2. The first-order valence-electron chi connectivity index (χ1n) is 9.69. The third-order valence-corrected chi connectivity index (χ3v) is 5.92. The van der Waals surface area contributed by atoms with Gasteiger partial charge in [-0.25, -0.2) is 4.98 Å². The molecule has 146 valence electrons. The van der Waals surface area contributed by atoms with Crippen LogP contribution in [0.25, 0.3) is 10.2 Å². The molecule has 7 heteroatoms. The number of benzene rings is 1. The standard InChI is InChI=1S/C20H28N4O2S/c1-14-6-3-4-10-24(14)11-5-9-21-19(26)13-16-7-8-17-18(12-16)27-20(23-17)22-15(2)25/h7-8,12,14H,3-6,9-11,13H2,1-2H3,(H,21,26)(H,22,23,25)/t14-/m0/s1. The minimum absolute atomic E-state index is 0.0487. The highest BCUT2D eigenvalue weighted by atomic mass is 32.1. The third kappa shape index (κ3) is 5.74. The van der Waals surface area contributed by atoms with Crippen LogP contribution in [-0.4, -0.2) is 47.4 Å². The Bertz CT molecular complexity index is 804. The van der Waals surface area contributed by atoms with Crippen LogP contribution in [0.2, 0.25) is 0 Å². The lowest BCUT2D eigenvalue weighted by atomic mass is 10.0. The molecular weight excluding hydrogens is 360 g/mol. The third-order valence-electron chi connectivity index (χ3n) is 4.99. The molecule has 1 fully saturated rings. The highest BCUT2D eigenvalue weighted by molar-refractivity contribution is 7.22. The summed E-state index contributed by atoms with van der Waals surface area (Å²) in [6.45, 7) is 6.72. The molecule has 27 heavy (non-hydrogen) atoms. The van der Waals surface area contributed by atoms with E-state index in [-0.39, 0.29) is 11.8 Å². The second kappa shape index (κ2) is 9.28. The normalized spacial score (nSPS) is 17.8. The molecule has 2 heterocycles. The number of aromatic nitrogens is 1. The van der Waals surface area contributed by atoms with Gasteiger partial charge in [-0.15, -0.1) is 0 Å². The van der Waals surface area contributed by atoms with E-state index in [0.29, 0.717) is 17.6 Å². The fourth-order valence-corrected chi connectivity index (χ4v) is 4.51. The Morgan fingerprint density at radius 2 is 2.19 bits per heavy atom. The van der Waals surface area contributed by atoms with Crippen molar-refractivity contribution in [2.75, 3.05) is 25.0 Å². The number of amides is 2. The molecule has 0 spiro atoms. The van der Waals surface area contributed by atoms with Crippen molar-refractivity contribution in [1.29, 1.82) is 0 Å². The molecule has 2 amide bonds. The second-order valence-electron chi connectivity index (χ2n) is 7.26. The zero-order valence-corrected chi connectivity index (χ0v) is 16.9. The highest BCUT2D eigenvalue weighted by Gasteiger charge is 2.17. The van der Waals surface area contributed by atoms with Crippen molar-refractivity contribution in [3.63, 3.8) is 0 Å². The lowest BCUT2D eigenvalue weighted by Gasteiger charge is -2.33. The summed E-state index contributed by atoms with van der Waals surface area (Å²) in [4.78, 5) is 30.3. The van der Waals surface area contributed by atoms with Crippen LogP contribution in [0, 0.1) is 0 Å². The first-order chi connectivity index (χ1) is 13.0. The summed E-state index contributed by atoms with van der Waals surface area (Å²) >= 11 is 1.42. The van der Waals surface area contributed by atoms with Crippen LogP contribution in [0.1, 0.15) is 45.1 Å². The number of nitrogens with one attached hydrogen (secondary N) is 2. The molecule has 0 bridgehead atoms. The van der Waals surface area contributed by atoms with Crippen LogP contribution in [0.3, 0.4) is 0 Å². The summed E-state index contributed by atoms with van der Waals surface area (Å²) in [6, 6.07) is 6.47. The molecule has 1 aromatic carbocycles. The number of nitrogens with zero attached hydrogens (tertiary/aromatic N) is 2. The number of piperidine rings is 1. The second-order valence-corrected chi connectivity index (χ2v) is 8.29. The van der Waals surface area contributed by atoms with Crippen molar-refractivity contribution < 1.29 is 9.59 Å². The summed E-state index contributed by atoms with van der Waals surface area (Å²) < 4.78 is 0.975. The maximum Gasteiger partial charge on any atom is 0.224 e. The Balaban J connectivity index is 1.45. The number of anilines is 1. The van der Waals surface area contributed by atoms with E-state index in [1.54, 1.807) is 0 Å². The van der Waals surface area contributed by atoms with Gasteiger partial charge in [-0.2, -0.15) is 0 Å². The lowest BCUT2D eigenvalue weighted by Crippen LogP contribution is -2.39. The molecule has 0 unspecified atom stereocenters. The Morgan fingerprint density at radius 1 is 1.33 bits per heavy atom. The molecule has 0 saturated carbocycles. The van der Waals surface area contributed by atoms with Crippen molar-refractivity contribution in [3.05, 3.63) is 23.8 Å². The molecule has 1 saturated heterocycles. The van der Waals surface area contributed by atoms with Crippen molar-refractivity contribution in [2.45, 2.75) is 52.0 Å². The molecule has 2 aromatic rings. The first-order valence-corrected chi connectivity index (χ1v) is 10.5. The van der Waals surface area contributed by atoms with Crippen molar-refractivity contribution in [2.24, 2.45) is 0 Å². The average Bonchev–Trinajstić information content (AvgIpc) is 3.00. The van der Waals surface area contributed by atoms with Gasteiger partial charge in [-0.3, -0.25) is 9.59 Å².